The Morgan fingerprint density at radius 3 is 2.60 bits per heavy atom. The number of para-hydroxylation sites is 1. The van der Waals surface area contributed by atoms with Crippen LogP contribution < -0.4 is 5.32 Å². The van der Waals surface area contributed by atoms with E-state index >= 15 is 0 Å². The van der Waals surface area contributed by atoms with Crippen LogP contribution >= 0.6 is 0 Å². The van der Waals surface area contributed by atoms with Crippen molar-refractivity contribution in [1.29, 1.82) is 0 Å². The van der Waals surface area contributed by atoms with Gasteiger partial charge in [0.1, 0.15) is 0 Å². The number of carbonyl (C=O) groups excluding carboxylic acids is 1. The lowest BCUT2D eigenvalue weighted by Crippen LogP contribution is -2.34. The molecule has 1 aromatic carbocycles. The lowest BCUT2D eigenvalue weighted by Gasteiger charge is -2.34. The Kier molecular flexibility index (Phi) is 4.69. The summed E-state index contributed by atoms with van der Waals surface area (Å²) in [6.07, 6.45) is 3.77. The molecule has 1 fully saturated rings. The summed E-state index contributed by atoms with van der Waals surface area (Å²) in [6.45, 7) is 4.62. The van der Waals surface area contributed by atoms with Crippen molar-refractivity contribution in [2.24, 2.45) is 11.8 Å². The number of hydrogen-bond acceptors (Lipinski definition) is 2. The Hall–Kier alpha value is -1.51. The van der Waals surface area contributed by atoms with E-state index in [1.807, 2.05) is 24.3 Å². The van der Waals surface area contributed by atoms with Gasteiger partial charge >= 0.3 is 0 Å². The average molecular weight is 274 g/mol. The number of nitrogens with zero attached hydrogens (tertiary/aromatic N) is 1. The SMILES string of the molecule is CC1CCC(C)C(Nc2ccccc2C(=O)N(C)C)C1. The Morgan fingerprint density at radius 2 is 1.90 bits per heavy atom. The highest BCUT2D eigenvalue weighted by atomic mass is 16.2. The minimum absolute atomic E-state index is 0.0598. The third-order valence-corrected chi connectivity index (χ3v) is 4.36. The number of anilines is 1. The molecule has 1 saturated carbocycles. The summed E-state index contributed by atoms with van der Waals surface area (Å²) in [5.74, 6) is 1.48. The fraction of sp³-hybridized carbons (Fsp3) is 0.588. The number of carbonyl (C=O) groups is 1. The highest BCUT2D eigenvalue weighted by molar-refractivity contribution is 5.99. The zero-order chi connectivity index (χ0) is 14.7. The Labute approximate surface area is 122 Å². The van der Waals surface area contributed by atoms with Crippen LogP contribution in [0.5, 0.6) is 0 Å². The minimum Gasteiger partial charge on any atom is -0.381 e. The van der Waals surface area contributed by atoms with E-state index < -0.39 is 0 Å². The van der Waals surface area contributed by atoms with E-state index in [9.17, 15) is 4.79 Å². The summed E-state index contributed by atoms with van der Waals surface area (Å²) in [5.41, 5.74) is 1.74. The van der Waals surface area contributed by atoms with Gasteiger partial charge in [-0.05, 0) is 36.8 Å². The fourth-order valence-corrected chi connectivity index (χ4v) is 2.97. The second-order valence-electron chi connectivity index (χ2n) is 6.39. The molecule has 1 amide bonds. The van der Waals surface area contributed by atoms with Crippen LogP contribution in [0.25, 0.3) is 0 Å². The lowest BCUT2D eigenvalue weighted by molar-refractivity contribution is 0.0828. The highest BCUT2D eigenvalue weighted by Gasteiger charge is 2.26. The number of nitrogens with one attached hydrogen (secondary N) is 1. The number of benzene rings is 1. The van der Waals surface area contributed by atoms with Crippen molar-refractivity contribution in [1.82, 2.24) is 4.90 Å². The normalized spacial score (nSPS) is 26.1. The van der Waals surface area contributed by atoms with Crippen molar-refractivity contribution < 1.29 is 4.79 Å². The van der Waals surface area contributed by atoms with E-state index in [0.29, 0.717) is 12.0 Å². The molecule has 0 aliphatic heterocycles. The number of rotatable bonds is 3. The van der Waals surface area contributed by atoms with Crippen LogP contribution in [0.15, 0.2) is 24.3 Å². The van der Waals surface area contributed by atoms with Crippen LogP contribution in [0.1, 0.15) is 43.5 Å². The van der Waals surface area contributed by atoms with Gasteiger partial charge in [0.05, 0.1) is 5.56 Å². The number of hydrogen-bond donors (Lipinski definition) is 1. The molecular formula is C17H26N2O. The van der Waals surface area contributed by atoms with E-state index in [0.717, 1.165) is 17.2 Å². The molecular weight excluding hydrogens is 248 g/mol. The monoisotopic (exact) mass is 274 g/mol. The van der Waals surface area contributed by atoms with E-state index in [1.54, 1.807) is 19.0 Å². The minimum atomic E-state index is 0.0598. The van der Waals surface area contributed by atoms with E-state index in [1.165, 1.54) is 19.3 Å². The molecule has 1 aliphatic carbocycles. The topological polar surface area (TPSA) is 32.3 Å². The maximum atomic E-state index is 12.2. The van der Waals surface area contributed by atoms with Gasteiger partial charge in [-0.2, -0.15) is 0 Å². The molecule has 0 aromatic heterocycles. The maximum absolute atomic E-state index is 12.2. The molecule has 0 spiro atoms. The first-order valence-corrected chi connectivity index (χ1v) is 7.56. The van der Waals surface area contributed by atoms with Crippen molar-refractivity contribution in [3.8, 4) is 0 Å². The Balaban J connectivity index is 2.18. The fourth-order valence-electron chi connectivity index (χ4n) is 2.97. The van der Waals surface area contributed by atoms with Gasteiger partial charge in [-0.3, -0.25) is 4.79 Å². The van der Waals surface area contributed by atoms with Crippen LogP contribution in [0.4, 0.5) is 5.69 Å². The van der Waals surface area contributed by atoms with Gasteiger partial charge in [0.25, 0.3) is 5.91 Å². The van der Waals surface area contributed by atoms with Gasteiger partial charge in [-0.25, -0.2) is 0 Å². The summed E-state index contributed by atoms with van der Waals surface area (Å²) < 4.78 is 0. The van der Waals surface area contributed by atoms with Crippen molar-refractivity contribution in [3.63, 3.8) is 0 Å². The quantitative estimate of drug-likeness (QED) is 0.913. The average Bonchev–Trinajstić information content (AvgIpc) is 2.42. The third kappa shape index (κ3) is 3.33. The molecule has 0 heterocycles. The zero-order valence-corrected chi connectivity index (χ0v) is 13.0. The summed E-state index contributed by atoms with van der Waals surface area (Å²) in [6, 6.07) is 8.31. The zero-order valence-electron chi connectivity index (χ0n) is 13.0. The predicted octanol–water partition coefficient (Wildman–Crippen LogP) is 3.63. The van der Waals surface area contributed by atoms with Gasteiger partial charge in [0.15, 0.2) is 0 Å². The first kappa shape index (κ1) is 14.9. The molecule has 1 N–H and O–H groups in total. The number of amides is 1. The third-order valence-electron chi connectivity index (χ3n) is 4.36. The molecule has 20 heavy (non-hydrogen) atoms. The van der Waals surface area contributed by atoms with Crippen LogP contribution in [0, 0.1) is 11.8 Å². The van der Waals surface area contributed by atoms with E-state index in [-0.39, 0.29) is 5.91 Å². The second kappa shape index (κ2) is 6.29. The first-order chi connectivity index (χ1) is 9.49. The summed E-state index contributed by atoms with van der Waals surface area (Å²) >= 11 is 0. The standard InChI is InChI=1S/C17H26N2O/c1-12-9-10-13(2)16(11-12)18-15-8-6-5-7-14(15)17(20)19(3)4/h5-8,12-13,16,18H,9-11H2,1-4H3. The Morgan fingerprint density at radius 1 is 1.20 bits per heavy atom. The van der Waals surface area contributed by atoms with Crippen molar-refractivity contribution in [3.05, 3.63) is 29.8 Å². The lowest BCUT2D eigenvalue weighted by atomic mass is 9.80. The maximum Gasteiger partial charge on any atom is 0.255 e. The summed E-state index contributed by atoms with van der Waals surface area (Å²) in [7, 11) is 3.59. The van der Waals surface area contributed by atoms with Gasteiger partial charge in [0.2, 0.25) is 0 Å². The van der Waals surface area contributed by atoms with Crippen molar-refractivity contribution in [2.45, 2.75) is 39.2 Å². The van der Waals surface area contributed by atoms with Gasteiger partial charge < -0.3 is 10.2 Å². The predicted molar refractivity (Wildman–Crippen MR) is 84.0 cm³/mol. The van der Waals surface area contributed by atoms with Crippen molar-refractivity contribution >= 4 is 11.6 Å². The Bertz CT molecular complexity index is 470. The molecule has 3 unspecified atom stereocenters. The van der Waals surface area contributed by atoms with E-state index in [4.69, 9.17) is 0 Å². The van der Waals surface area contributed by atoms with E-state index in [2.05, 4.69) is 19.2 Å². The summed E-state index contributed by atoms with van der Waals surface area (Å²) in [4.78, 5) is 13.9. The molecule has 3 heteroatoms. The van der Waals surface area contributed by atoms with Gasteiger partial charge in [-0.1, -0.05) is 32.4 Å². The molecule has 0 saturated heterocycles. The smallest absolute Gasteiger partial charge is 0.255 e. The van der Waals surface area contributed by atoms with Crippen LogP contribution in [0.3, 0.4) is 0 Å². The molecule has 2 rings (SSSR count). The molecule has 0 radical (unpaired) electrons. The van der Waals surface area contributed by atoms with Crippen LogP contribution in [-0.2, 0) is 0 Å². The van der Waals surface area contributed by atoms with Gasteiger partial charge in [0, 0.05) is 25.8 Å². The molecule has 110 valence electrons. The second-order valence-corrected chi connectivity index (χ2v) is 6.39. The van der Waals surface area contributed by atoms with Crippen LogP contribution in [-0.4, -0.2) is 30.9 Å². The largest absolute Gasteiger partial charge is 0.381 e. The summed E-state index contributed by atoms with van der Waals surface area (Å²) in [5, 5.41) is 3.62. The first-order valence-electron chi connectivity index (χ1n) is 7.56. The molecule has 3 nitrogen and oxygen atoms in total. The highest BCUT2D eigenvalue weighted by Crippen LogP contribution is 2.31. The molecule has 1 aromatic rings. The van der Waals surface area contributed by atoms with Crippen LogP contribution in [0.2, 0.25) is 0 Å². The molecule has 3 atom stereocenters. The molecule has 1 aliphatic rings. The van der Waals surface area contributed by atoms with Gasteiger partial charge in [-0.15, -0.1) is 0 Å². The molecule has 0 bridgehead atoms. The van der Waals surface area contributed by atoms with Crippen molar-refractivity contribution in [2.75, 3.05) is 19.4 Å².